The molecule has 2 aliphatic rings. The Labute approximate surface area is 243 Å². The maximum absolute atomic E-state index is 14.4. The summed E-state index contributed by atoms with van der Waals surface area (Å²) in [5.41, 5.74) is 1.59. The number of β-amino-alcohol motifs (C(OH)–C–C–N with tert-alkyl or cyclic N) is 1. The van der Waals surface area contributed by atoms with Crippen LogP contribution in [-0.4, -0.2) is 76.1 Å². The molecule has 4 atom stereocenters. The van der Waals surface area contributed by atoms with Crippen LogP contribution in [0.2, 0.25) is 0 Å². The minimum Gasteiger partial charge on any atom is -0.391 e. The van der Waals surface area contributed by atoms with E-state index in [4.69, 9.17) is 0 Å². The predicted molar refractivity (Wildman–Crippen MR) is 152 cm³/mol. The van der Waals surface area contributed by atoms with Gasteiger partial charge in [0.1, 0.15) is 12.1 Å². The van der Waals surface area contributed by atoms with Gasteiger partial charge in [-0.3, -0.25) is 19.2 Å². The molecule has 1 aromatic heterocycles. The molecule has 1 saturated carbocycles. The fourth-order valence-corrected chi connectivity index (χ4v) is 5.78. The zero-order chi connectivity index (χ0) is 30.1. The Morgan fingerprint density at radius 2 is 1.83 bits per heavy atom. The van der Waals surface area contributed by atoms with Crippen LogP contribution >= 0.6 is 11.3 Å². The monoisotopic (exact) mass is 587 g/mol. The topological polar surface area (TPSA) is 141 Å². The van der Waals surface area contributed by atoms with Gasteiger partial charge in [-0.1, -0.05) is 45.0 Å². The van der Waals surface area contributed by atoms with E-state index in [2.05, 4.69) is 20.9 Å². The average molecular weight is 588 g/mol. The van der Waals surface area contributed by atoms with Gasteiger partial charge in [-0.25, -0.2) is 9.37 Å². The van der Waals surface area contributed by atoms with Crippen LogP contribution in [0.3, 0.4) is 0 Å². The van der Waals surface area contributed by atoms with Crippen molar-refractivity contribution in [3.05, 3.63) is 41.0 Å². The van der Waals surface area contributed by atoms with Crippen LogP contribution in [-0.2, 0) is 19.2 Å². The number of rotatable bonds is 9. The third kappa shape index (κ3) is 6.92. The van der Waals surface area contributed by atoms with Gasteiger partial charge >= 0.3 is 0 Å². The second-order valence-electron chi connectivity index (χ2n) is 12.0. The van der Waals surface area contributed by atoms with E-state index in [0.717, 1.165) is 16.1 Å². The summed E-state index contributed by atoms with van der Waals surface area (Å²) in [4.78, 5) is 58.8. The minimum absolute atomic E-state index is 0.00822. The first kappa shape index (κ1) is 30.6. The molecule has 2 heterocycles. The highest BCUT2D eigenvalue weighted by atomic mass is 32.1. The number of nitrogens with zero attached hydrogens (tertiary/aromatic N) is 2. The molecule has 1 aliphatic carbocycles. The fourth-order valence-electron chi connectivity index (χ4n) is 4.97. The minimum atomic E-state index is -1.97. The van der Waals surface area contributed by atoms with E-state index in [1.54, 1.807) is 26.3 Å². The number of aryl methyl sites for hydroxylation is 1. The highest BCUT2D eigenvalue weighted by Gasteiger charge is 2.53. The molecule has 2 fully saturated rings. The number of aliphatic hydroxyl groups excluding tert-OH is 1. The quantitative estimate of drug-likeness (QED) is 0.355. The molecule has 1 aromatic carbocycles. The molecule has 4 rings (SSSR count). The number of thiazole rings is 1. The van der Waals surface area contributed by atoms with Crippen molar-refractivity contribution in [3.63, 3.8) is 0 Å². The molecule has 0 unspecified atom stereocenters. The lowest BCUT2D eigenvalue weighted by atomic mass is 9.85. The first-order valence-electron chi connectivity index (χ1n) is 13.7. The highest BCUT2D eigenvalue weighted by molar-refractivity contribution is 7.13. The number of hydrogen-bond donors (Lipinski definition) is 4. The number of likely N-dealkylation sites (tertiary alicyclic amines) is 1. The average Bonchev–Trinajstić information content (AvgIpc) is 3.33. The SMILES string of the molecule is CNC(=O)C[C@H](NC(=O)[C@@H]1C[C@@H](O)CN1C(=O)[C@H](NC(=O)C1(F)CC1)C(C)(C)C)c1ccc(-c2scnc2C)cc1. The van der Waals surface area contributed by atoms with Gasteiger partial charge in [0.25, 0.3) is 5.91 Å². The van der Waals surface area contributed by atoms with Crippen molar-refractivity contribution < 1.29 is 28.7 Å². The molecule has 2 aromatic rings. The molecule has 1 aliphatic heterocycles. The Bertz CT molecular complexity index is 1300. The Hall–Kier alpha value is -3.38. The van der Waals surface area contributed by atoms with E-state index in [-0.39, 0.29) is 38.1 Å². The van der Waals surface area contributed by atoms with Crippen molar-refractivity contribution in [2.75, 3.05) is 13.6 Å². The van der Waals surface area contributed by atoms with Crippen LogP contribution in [0.15, 0.2) is 29.8 Å². The second kappa shape index (κ2) is 11.8. The molecular weight excluding hydrogens is 549 g/mol. The second-order valence-corrected chi connectivity index (χ2v) is 12.8. The smallest absolute Gasteiger partial charge is 0.258 e. The number of aliphatic hydroxyl groups is 1. The molecule has 4 N–H and O–H groups in total. The van der Waals surface area contributed by atoms with Crippen LogP contribution in [0.4, 0.5) is 4.39 Å². The van der Waals surface area contributed by atoms with E-state index in [1.807, 2.05) is 31.2 Å². The lowest BCUT2D eigenvalue weighted by Crippen LogP contribution is -2.59. The number of carbonyl (C=O) groups excluding carboxylic acids is 4. The Morgan fingerprint density at radius 1 is 1.17 bits per heavy atom. The van der Waals surface area contributed by atoms with Crippen LogP contribution < -0.4 is 16.0 Å². The number of carbonyl (C=O) groups is 4. The van der Waals surface area contributed by atoms with Crippen LogP contribution in [0, 0.1) is 12.3 Å². The Balaban J connectivity index is 1.54. The summed E-state index contributed by atoms with van der Waals surface area (Å²) in [6, 6.07) is 4.65. The van der Waals surface area contributed by atoms with Crippen molar-refractivity contribution in [1.29, 1.82) is 0 Å². The zero-order valence-electron chi connectivity index (χ0n) is 24.0. The normalized spacial score (nSPS) is 21.1. The Morgan fingerprint density at radius 3 is 2.37 bits per heavy atom. The first-order valence-corrected chi connectivity index (χ1v) is 14.6. The number of amides is 4. The summed E-state index contributed by atoms with van der Waals surface area (Å²) in [6.45, 7) is 7.04. The lowest BCUT2D eigenvalue weighted by molar-refractivity contribution is -0.145. The third-order valence-corrected chi connectivity index (χ3v) is 8.63. The van der Waals surface area contributed by atoms with Crippen molar-refractivity contribution in [2.45, 2.75) is 83.3 Å². The molecule has 0 radical (unpaired) electrons. The predicted octanol–water partition coefficient (Wildman–Crippen LogP) is 2.41. The fraction of sp³-hybridized carbons (Fsp3) is 0.552. The highest BCUT2D eigenvalue weighted by Crippen LogP contribution is 2.40. The number of hydrogen-bond acceptors (Lipinski definition) is 7. The summed E-state index contributed by atoms with van der Waals surface area (Å²) in [5.74, 6) is -2.23. The van der Waals surface area contributed by atoms with Gasteiger partial charge in [0.2, 0.25) is 17.7 Å². The number of benzene rings is 1. The van der Waals surface area contributed by atoms with Gasteiger partial charge in [0.05, 0.1) is 34.6 Å². The number of alkyl halides is 1. The third-order valence-electron chi connectivity index (χ3n) is 7.65. The standard InChI is InChI=1S/C29H38FN5O5S/c1-16-23(41-15-32-16)18-8-6-17(7-9-18)20(13-22(37)31-5)33-25(38)21-12-19(36)14-35(21)26(39)24(28(2,3)4)34-27(40)29(30)10-11-29/h6-9,15,19-21,24,36H,10-14H2,1-5H3,(H,31,37)(H,33,38)(H,34,40)/t19-,20+,21+,24+/m1/s1. The van der Waals surface area contributed by atoms with Crippen molar-refractivity contribution in [3.8, 4) is 10.4 Å². The van der Waals surface area contributed by atoms with Gasteiger partial charge in [-0.05, 0) is 36.3 Å². The van der Waals surface area contributed by atoms with Crippen LogP contribution in [0.5, 0.6) is 0 Å². The van der Waals surface area contributed by atoms with Crippen molar-refractivity contribution in [2.24, 2.45) is 5.41 Å². The summed E-state index contributed by atoms with van der Waals surface area (Å²) < 4.78 is 14.4. The maximum Gasteiger partial charge on any atom is 0.258 e. The lowest BCUT2D eigenvalue weighted by Gasteiger charge is -2.36. The summed E-state index contributed by atoms with van der Waals surface area (Å²) in [5, 5.41) is 18.5. The van der Waals surface area contributed by atoms with Gasteiger partial charge in [-0.2, -0.15) is 0 Å². The molecule has 1 saturated heterocycles. The summed E-state index contributed by atoms with van der Waals surface area (Å²) >= 11 is 1.52. The zero-order valence-corrected chi connectivity index (χ0v) is 24.8. The van der Waals surface area contributed by atoms with E-state index in [1.165, 1.54) is 23.3 Å². The molecule has 222 valence electrons. The van der Waals surface area contributed by atoms with Crippen LogP contribution in [0.25, 0.3) is 10.4 Å². The largest absolute Gasteiger partial charge is 0.391 e. The van der Waals surface area contributed by atoms with Crippen molar-refractivity contribution >= 4 is 35.0 Å². The van der Waals surface area contributed by atoms with Gasteiger partial charge in [0.15, 0.2) is 5.67 Å². The van der Waals surface area contributed by atoms with Crippen molar-refractivity contribution in [1.82, 2.24) is 25.8 Å². The Kier molecular flexibility index (Phi) is 8.84. The van der Waals surface area contributed by atoms with Gasteiger partial charge < -0.3 is 26.0 Å². The first-order chi connectivity index (χ1) is 19.2. The molecular formula is C29H38FN5O5S. The number of aromatic nitrogens is 1. The molecule has 10 nitrogen and oxygen atoms in total. The molecule has 0 bridgehead atoms. The van der Waals surface area contributed by atoms with E-state index >= 15 is 0 Å². The van der Waals surface area contributed by atoms with Gasteiger partial charge in [-0.15, -0.1) is 11.3 Å². The van der Waals surface area contributed by atoms with E-state index in [0.29, 0.717) is 5.56 Å². The summed E-state index contributed by atoms with van der Waals surface area (Å²) in [7, 11) is 1.51. The molecule has 41 heavy (non-hydrogen) atoms. The van der Waals surface area contributed by atoms with Gasteiger partial charge in [0, 0.05) is 20.0 Å². The van der Waals surface area contributed by atoms with E-state index < -0.39 is 53.0 Å². The van der Waals surface area contributed by atoms with Crippen LogP contribution in [0.1, 0.15) is 63.8 Å². The summed E-state index contributed by atoms with van der Waals surface area (Å²) in [6.07, 6.45) is -0.791. The molecule has 0 spiro atoms. The molecule has 4 amide bonds. The molecule has 12 heteroatoms. The van der Waals surface area contributed by atoms with E-state index in [9.17, 15) is 28.7 Å². The maximum atomic E-state index is 14.4. The number of nitrogens with one attached hydrogen (secondary N) is 3. The number of halogens is 1.